The molecule has 0 aliphatic carbocycles. The van der Waals surface area contributed by atoms with E-state index in [1.54, 1.807) is 24.3 Å². The van der Waals surface area contributed by atoms with Gasteiger partial charge in [0.25, 0.3) is 5.91 Å². The quantitative estimate of drug-likeness (QED) is 0.717. The first-order valence-electron chi connectivity index (χ1n) is 8.83. The molecule has 1 N–H and O–H groups in total. The van der Waals surface area contributed by atoms with Crippen LogP contribution in [0.4, 0.5) is 5.69 Å². The number of benzene rings is 2. The van der Waals surface area contributed by atoms with Gasteiger partial charge in [-0.3, -0.25) is 4.79 Å². The molecular weight excluding hydrogens is 346 g/mol. The predicted octanol–water partition coefficient (Wildman–Crippen LogP) is 3.65. The lowest BCUT2D eigenvalue weighted by Crippen LogP contribution is -2.31. The largest absolute Gasteiger partial charge is 0.492 e. The molecule has 0 saturated heterocycles. The molecule has 0 fully saturated rings. The minimum atomic E-state index is -0.964. The normalized spacial score (nSPS) is 11.4. The summed E-state index contributed by atoms with van der Waals surface area (Å²) in [4.78, 5) is 24.3. The molecule has 0 bridgehead atoms. The van der Waals surface area contributed by atoms with E-state index >= 15 is 0 Å². The van der Waals surface area contributed by atoms with Gasteiger partial charge in [-0.15, -0.1) is 0 Å². The van der Waals surface area contributed by atoms with Crippen molar-refractivity contribution in [2.24, 2.45) is 0 Å². The Morgan fingerprint density at radius 3 is 2.44 bits per heavy atom. The number of carbonyl (C=O) groups excluding carboxylic acids is 2. The van der Waals surface area contributed by atoms with E-state index in [1.807, 2.05) is 39.0 Å². The minimum Gasteiger partial charge on any atom is -0.492 e. The molecule has 0 heterocycles. The summed E-state index contributed by atoms with van der Waals surface area (Å²) in [6.45, 7) is 7.47. The van der Waals surface area contributed by atoms with E-state index in [0.717, 1.165) is 11.1 Å². The van der Waals surface area contributed by atoms with E-state index in [9.17, 15) is 9.59 Å². The molecule has 0 aliphatic rings. The van der Waals surface area contributed by atoms with Gasteiger partial charge in [-0.1, -0.05) is 24.3 Å². The second-order valence-corrected chi connectivity index (χ2v) is 6.04. The molecule has 0 aliphatic heterocycles. The number of hydrogen-bond donors (Lipinski definition) is 1. The fourth-order valence-corrected chi connectivity index (χ4v) is 2.39. The van der Waals surface area contributed by atoms with Crippen LogP contribution >= 0.6 is 0 Å². The average Bonchev–Trinajstić information content (AvgIpc) is 2.64. The molecule has 0 aromatic heterocycles. The van der Waals surface area contributed by atoms with Crippen molar-refractivity contribution in [1.82, 2.24) is 0 Å². The maximum absolute atomic E-state index is 12.3. The molecule has 144 valence electrons. The third kappa shape index (κ3) is 5.74. The third-order valence-corrected chi connectivity index (χ3v) is 4.02. The van der Waals surface area contributed by atoms with Gasteiger partial charge in [0.1, 0.15) is 11.5 Å². The third-order valence-electron chi connectivity index (χ3n) is 4.02. The summed E-state index contributed by atoms with van der Waals surface area (Å²) in [5, 5.41) is 2.71. The average molecular weight is 371 g/mol. The Balaban J connectivity index is 1.88. The van der Waals surface area contributed by atoms with Crippen LogP contribution in [0, 0.1) is 13.8 Å². The lowest BCUT2D eigenvalue weighted by molar-refractivity contribution is -0.155. The number of para-hydroxylation sites is 2. The van der Waals surface area contributed by atoms with Crippen LogP contribution < -0.4 is 14.8 Å². The summed E-state index contributed by atoms with van der Waals surface area (Å²) in [5.74, 6) is 0.124. The second kappa shape index (κ2) is 9.62. The van der Waals surface area contributed by atoms with Gasteiger partial charge in [0.15, 0.2) is 12.7 Å². The fraction of sp³-hybridized carbons (Fsp3) is 0.333. The van der Waals surface area contributed by atoms with Crippen LogP contribution in [0.5, 0.6) is 11.5 Å². The zero-order chi connectivity index (χ0) is 19.8. The maximum atomic E-state index is 12.3. The SMILES string of the molecule is CCOc1ccccc1NC(=O)[C@H](C)OC(=O)COc1cccc(C)c1C. The Morgan fingerprint density at radius 1 is 1.00 bits per heavy atom. The molecular formula is C21H25NO5. The summed E-state index contributed by atoms with van der Waals surface area (Å²) in [5.41, 5.74) is 2.56. The highest BCUT2D eigenvalue weighted by Gasteiger charge is 2.19. The summed E-state index contributed by atoms with van der Waals surface area (Å²) >= 11 is 0. The Kier molecular flexibility index (Phi) is 7.23. The van der Waals surface area contributed by atoms with Crippen molar-refractivity contribution in [2.45, 2.75) is 33.8 Å². The predicted molar refractivity (Wildman–Crippen MR) is 103 cm³/mol. The molecule has 6 nitrogen and oxygen atoms in total. The molecule has 2 aromatic rings. The maximum Gasteiger partial charge on any atom is 0.344 e. The lowest BCUT2D eigenvalue weighted by Gasteiger charge is -2.16. The highest BCUT2D eigenvalue weighted by atomic mass is 16.6. The van der Waals surface area contributed by atoms with Gasteiger partial charge in [0, 0.05) is 0 Å². The van der Waals surface area contributed by atoms with Gasteiger partial charge in [0.05, 0.1) is 12.3 Å². The van der Waals surface area contributed by atoms with Gasteiger partial charge in [-0.25, -0.2) is 4.79 Å². The summed E-state index contributed by atoms with van der Waals surface area (Å²) < 4.78 is 16.1. The lowest BCUT2D eigenvalue weighted by atomic mass is 10.1. The number of hydrogen-bond acceptors (Lipinski definition) is 5. The highest BCUT2D eigenvalue weighted by Crippen LogP contribution is 2.24. The van der Waals surface area contributed by atoms with Crippen LogP contribution in [0.25, 0.3) is 0 Å². The topological polar surface area (TPSA) is 73.9 Å². The smallest absolute Gasteiger partial charge is 0.344 e. The molecule has 1 amide bonds. The van der Waals surface area contributed by atoms with Crippen molar-refractivity contribution < 1.29 is 23.8 Å². The monoisotopic (exact) mass is 371 g/mol. The molecule has 0 spiro atoms. The van der Waals surface area contributed by atoms with Gasteiger partial charge in [0.2, 0.25) is 0 Å². The van der Waals surface area contributed by atoms with E-state index in [2.05, 4.69) is 5.32 Å². The first-order valence-corrected chi connectivity index (χ1v) is 8.83. The number of ether oxygens (including phenoxy) is 3. The van der Waals surface area contributed by atoms with Gasteiger partial charge < -0.3 is 19.5 Å². The number of esters is 1. The fourth-order valence-electron chi connectivity index (χ4n) is 2.39. The van der Waals surface area contributed by atoms with Crippen molar-refractivity contribution in [3.05, 3.63) is 53.6 Å². The van der Waals surface area contributed by atoms with Crippen molar-refractivity contribution in [2.75, 3.05) is 18.5 Å². The number of amides is 1. The Hall–Kier alpha value is -3.02. The van der Waals surface area contributed by atoms with Crippen LogP contribution in [0.3, 0.4) is 0 Å². The van der Waals surface area contributed by atoms with E-state index in [1.165, 1.54) is 6.92 Å². The first kappa shape index (κ1) is 20.3. The number of carbonyl (C=O) groups is 2. The number of anilines is 1. The van der Waals surface area contributed by atoms with E-state index in [-0.39, 0.29) is 6.61 Å². The Bertz CT molecular complexity index is 803. The summed E-state index contributed by atoms with van der Waals surface area (Å²) in [7, 11) is 0. The number of nitrogens with one attached hydrogen (secondary N) is 1. The second-order valence-electron chi connectivity index (χ2n) is 6.04. The Labute approximate surface area is 159 Å². The highest BCUT2D eigenvalue weighted by molar-refractivity contribution is 5.96. The van der Waals surface area contributed by atoms with Crippen molar-refractivity contribution in [3.63, 3.8) is 0 Å². The summed E-state index contributed by atoms with van der Waals surface area (Å²) in [6.07, 6.45) is -0.964. The molecule has 2 rings (SSSR count). The molecule has 6 heteroatoms. The number of aryl methyl sites for hydroxylation is 1. The van der Waals surface area contributed by atoms with Gasteiger partial charge >= 0.3 is 5.97 Å². The van der Waals surface area contributed by atoms with Crippen LogP contribution in [-0.2, 0) is 14.3 Å². The van der Waals surface area contributed by atoms with E-state index in [4.69, 9.17) is 14.2 Å². The minimum absolute atomic E-state index is 0.266. The molecule has 2 aromatic carbocycles. The first-order chi connectivity index (χ1) is 12.9. The zero-order valence-corrected chi connectivity index (χ0v) is 16.1. The van der Waals surface area contributed by atoms with Crippen LogP contribution in [0.15, 0.2) is 42.5 Å². The molecule has 27 heavy (non-hydrogen) atoms. The van der Waals surface area contributed by atoms with Crippen molar-refractivity contribution >= 4 is 17.6 Å². The number of rotatable bonds is 8. The van der Waals surface area contributed by atoms with Crippen LogP contribution in [0.2, 0.25) is 0 Å². The van der Waals surface area contributed by atoms with Crippen LogP contribution in [-0.4, -0.2) is 31.2 Å². The molecule has 0 radical (unpaired) electrons. The van der Waals surface area contributed by atoms with Gasteiger partial charge in [-0.05, 0) is 57.0 Å². The standard InChI is InChI=1S/C21H25NO5/c1-5-25-19-11-7-6-10-17(19)22-21(24)16(4)27-20(23)13-26-18-12-8-9-14(2)15(18)3/h6-12,16H,5,13H2,1-4H3,(H,22,24)/t16-/m0/s1. The van der Waals surface area contributed by atoms with Crippen LogP contribution in [0.1, 0.15) is 25.0 Å². The van der Waals surface area contributed by atoms with E-state index < -0.39 is 18.0 Å². The Morgan fingerprint density at radius 2 is 1.70 bits per heavy atom. The van der Waals surface area contributed by atoms with Crippen molar-refractivity contribution in [3.8, 4) is 11.5 Å². The van der Waals surface area contributed by atoms with Gasteiger partial charge in [-0.2, -0.15) is 0 Å². The molecule has 0 unspecified atom stereocenters. The molecule has 0 saturated carbocycles. The summed E-state index contributed by atoms with van der Waals surface area (Å²) in [6, 6.07) is 12.7. The zero-order valence-electron chi connectivity index (χ0n) is 16.1. The van der Waals surface area contributed by atoms with Crippen molar-refractivity contribution in [1.29, 1.82) is 0 Å². The van der Waals surface area contributed by atoms with E-state index in [0.29, 0.717) is 23.8 Å². The molecule has 1 atom stereocenters.